The molecule has 0 N–H and O–H groups in total. The Hall–Kier alpha value is 0.650. The van der Waals surface area contributed by atoms with Crippen LogP contribution in [0.15, 0.2) is 0 Å². The molecule has 2 nitrogen and oxygen atoms in total. The molecular formula is C10H20INO. The van der Waals surface area contributed by atoms with Crippen molar-refractivity contribution >= 4 is 23.0 Å². The molecule has 13 heavy (non-hydrogen) atoms. The van der Waals surface area contributed by atoms with E-state index in [2.05, 4.69) is 18.9 Å². The van der Waals surface area contributed by atoms with Gasteiger partial charge in [-0.1, -0.05) is 6.92 Å². The van der Waals surface area contributed by atoms with E-state index in [-0.39, 0.29) is 0 Å². The SMILES string of the molecule is CN(CCOI)[C@H]1CC[C@H](C)CC1. The highest BCUT2D eigenvalue weighted by atomic mass is 127. The second kappa shape index (κ2) is 6.19. The highest BCUT2D eigenvalue weighted by Crippen LogP contribution is 2.26. The van der Waals surface area contributed by atoms with Crippen molar-refractivity contribution < 1.29 is 3.07 Å². The van der Waals surface area contributed by atoms with Crippen LogP contribution in [0.5, 0.6) is 0 Å². The molecule has 3 heteroatoms. The molecule has 1 aliphatic rings. The zero-order chi connectivity index (χ0) is 9.68. The maximum absolute atomic E-state index is 5.05. The summed E-state index contributed by atoms with van der Waals surface area (Å²) in [6.45, 7) is 4.29. The van der Waals surface area contributed by atoms with Crippen molar-refractivity contribution in [1.82, 2.24) is 4.90 Å². The molecule has 1 fully saturated rings. The van der Waals surface area contributed by atoms with E-state index in [1.807, 2.05) is 23.0 Å². The molecule has 0 aromatic rings. The van der Waals surface area contributed by atoms with E-state index in [0.29, 0.717) is 0 Å². The van der Waals surface area contributed by atoms with Crippen LogP contribution in [-0.4, -0.2) is 31.1 Å². The molecule has 0 radical (unpaired) electrons. The average molecular weight is 297 g/mol. The number of hydrogen-bond acceptors (Lipinski definition) is 2. The Morgan fingerprint density at radius 1 is 1.31 bits per heavy atom. The molecule has 1 saturated carbocycles. The van der Waals surface area contributed by atoms with E-state index in [0.717, 1.165) is 25.1 Å². The van der Waals surface area contributed by atoms with Gasteiger partial charge in [-0.2, -0.15) is 0 Å². The molecule has 0 spiro atoms. The number of likely N-dealkylation sites (N-methyl/N-ethyl adjacent to an activating group) is 1. The van der Waals surface area contributed by atoms with Crippen molar-refractivity contribution in [2.75, 3.05) is 20.2 Å². The predicted octanol–water partition coefficient (Wildman–Crippen LogP) is 2.86. The van der Waals surface area contributed by atoms with Crippen LogP contribution in [0.25, 0.3) is 0 Å². The molecule has 0 aromatic heterocycles. The fourth-order valence-electron chi connectivity index (χ4n) is 2.04. The van der Waals surface area contributed by atoms with Crippen molar-refractivity contribution in [3.8, 4) is 0 Å². The molecule has 0 atom stereocenters. The molecule has 0 heterocycles. The van der Waals surface area contributed by atoms with Crippen molar-refractivity contribution in [2.24, 2.45) is 5.92 Å². The lowest BCUT2D eigenvalue weighted by Crippen LogP contribution is -2.36. The molecule has 0 unspecified atom stereocenters. The summed E-state index contributed by atoms with van der Waals surface area (Å²) >= 11 is 1.97. The van der Waals surface area contributed by atoms with Crippen LogP contribution >= 0.6 is 23.0 Å². The number of hydrogen-bond donors (Lipinski definition) is 0. The van der Waals surface area contributed by atoms with Gasteiger partial charge >= 0.3 is 0 Å². The van der Waals surface area contributed by atoms with Crippen LogP contribution in [0.2, 0.25) is 0 Å². The van der Waals surface area contributed by atoms with E-state index in [4.69, 9.17) is 3.07 Å². The number of halogens is 1. The number of rotatable bonds is 4. The largest absolute Gasteiger partial charge is 0.314 e. The van der Waals surface area contributed by atoms with Gasteiger partial charge in [0.2, 0.25) is 0 Å². The van der Waals surface area contributed by atoms with Crippen molar-refractivity contribution in [3.05, 3.63) is 0 Å². The van der Waals surface area contributed by atoms with E-state index < -0.39 is 0 Å². The summed E-state index contributed by atoms with van der Waals surface area (Å²) in [5.41, 5.74) is 0. The minimum atomic E-state index is 0.808. The van der Waals surface area contributed by atoms with Gasteiger partial charge in [0.05, 0.1) is 6.61 Å². The van der Waals surface area contributed by atoms with E-state index in [1.165, 1.54) is 25.7 Å². The third-order valence-corrected chi connectivity index (χ3v) is 3.57. The van der Waals surface area contributed by atoms with Gasteiger partial charge in [0.25, 0.3) is 0 Å². The number of nitrogens with zero attached hydrogens (tertiary/aromatic N) is 1. The Kier molecular flexibility index (Phi) is 5.58. The Labute approximate surface area is 95.7 Å². The van der Waals surface area contributed by atoms with Gasteiger partial charge in [-0.05, 0) is 38.6 Å². The summed E-state index contributed by atoms with van der Waals surface area (Å²) < 4.78 is 5.05. The predicted molar refractivity (Wildman–Crippen MR) is 64.0 cm³/mol. The molecule has 0 bridgehead atoms. The van der Waals surface area contributed by atoms with E-state index >= 15 is 0 Å². The van der Waals surface area contributed by atoms with Gasteiger partial charge in [-0.3, -0.25) is 0 Å². The van der Waals surface area contributed by atoms with Crippen LogP contribution in [0.4, 0.5) is 0 Å². The lowest BCUT2D eigenvalue weighted by molar-refractivity contribution is 0.156. The van der Waals surface area contributed by atoms with E-state index in [1.54, 1.807) is 0 Å². The molecule has 0 aromatic carbocycles. The van der Waals surface area contributed by atoms with Crippen molar-refractivity contribution in [2.45, 2.75) is 38.6 Å². The first kappa shape index (κ1) is 11.7. The first-order valence-electron chi connectivity index (χ1n) is 5.17. The fraction of sp³-hybridized carbons (Fsp3) is 1.00. The lowest BCUT2D eigenvalue weighted by Gasteiger charge is -2.33. The van der Waals surface area contributed by atoms with Crippen molar-refractivity contribution in [3.63, 3.8) is 0 Å². The molecule has 78 valence electrons. The lowest BCUT2D eigenvalue weighted by atomic mass is 9.87. The maximum Gasteiger partial charge on any atom is 0.109 e. The Bertz CT molecular complexity index is 135. The molecular weight excluding hydrogens is 277 g/mol. The monoisotopic (exact) mass is 297 g/mol. The fourth-order valence-corrected chi connectivity index (χ4v) is 2.24. The Morgan fingerprint density at radius 2 is 1.92 bits per heavy atom. The molecule has 0 saturated heterocycles. The quantitative estimate of drug-likeness (QED) is 0.740. The topological polar surface area (TPSA) is 12.5 Å². The minimum absolute atomic E-state index is 0.808. The third-order valence-electron chi connectivity index (χ3n) is 3.13. The second-order valence-corrected chi connectivity index (χ2v) is 4.83. The Morgan fingerprint density at radius 3 is 2.46 bits per heavy atom. The van der Waals surface area contributed by atoms with Crippen molar-refractivity contribution in [1.29, 1.82) is 0 Å². The van der Waals surface area contributed by atoms with Crippen LogP contribution in [0.3, 0.4) is 0 Å². The first-order valence-corrected chi connectivity index (χ1v) is 6.06. The highest BCUT2D eigenvalue weighted by Gasteiger charge is 2.20. The third kappa shape index (κ3) is 4.13. The summed E-state index contributed by atoms with van der Waals surface area (Å²) in [7, 11) is 2.22. The minimum Gasteiger partial charge on any atom is -0.314 e. The highest BCUT2D eigenvalue weighted by molar-refractivity contribution is 14.1. The van der Waals surface area contributed by atoms with Gasteiger partial charge < -0.3 is 7.97 Å². The zero-order valence-corrected chi connectivity index (χ0v) is 10.8. The zero-order valence-electron chi connectivity index (χ0n) is 8.63. The van der Waals surface area contributed by atoms with Crippen LogP contribution < -0.4 is 0 Å². The van der Waals surface area contributed by atoms with Gasteiger partial charge in [0, 0.05) is 12.6 Å². The van der Waals surface area contributed by atoms with Crippen LogP contribution in [0, 0.1) is 5.92 Å². The molecule has 0 aliphatic heterocycles. The molecule has 0 amide bonds. The standard InChI is InChI=1S/C10H20INO/c1-9-3-5-10(6-4-9)12(2)7-8-13-11/h9-10H,3-8H2,1-2H3/t9-,10-. The second-order valence-electron chi connectivity index (χ2n) is 4.21. The Balaban J connectivity index is 2.19. The summed E-state index contributed by atoms with van der Waals surface area (Å²) in [6, 6.07) is 0.808. The first-order chi connectivity index (χ1) is 6.24. The van der Waals surface area contributed by atoms with Crippen LogP contribution in [-0.2, 0) is 3.07 Å². The van der Waals surface area contributed by atoms with E-state index in [9.17, 15) is 0 Å². The van der Waals surface area contributed by atoms with Gasteiger partial charge in [0.1, 0.15) is 23.0 Å². The summed E-state index contributed by atoms with van der Waals surface area (Å²) in [5, 5.41) is 0. The van der Waals surface area contributed by atoms with Gasteiger partial charge in [-0.25, -0.2) is 0 Å². The molecule has 1 rings (SSSR count). The summed E-state index contributed by atoms with van der Waals surface area (Å²) in [6.07, 6.45) is 5.55. The van der Waals surface area contributed by atoms with Crippen LogP contribution in [0.1, 0.15) is 32.6 Å². The summed E-state index contributed by atoms with van der Waals surface area (Å²) in [4.78, 5) is 2.45. The van der Waals surface area contributed by atoms with Gasteiger partial charge in [-0.15, -0.1) is 0 Å². The average Bonchev–Trinajstić information content (AvgIpc) is 2.15. The smallest absolute Gasteiger partial charge is 0.109 e. The molecule has 1 aliphatic carbocycles. The maximum atomic E-state index is 5.05. The van der Waals surface area contributed by atoms with Gasteiger partial charge in [0.15, 0.2) is 0 Å². The summed E-state index contributed by atoms with van der Waals surface area (Å²) in [5.74, 6) is 0.950. The normalized spacial score (nSPS) is 29.5.